The third-order valence-electron chi connectivity index (χ3n) is 3.04. The van der Waals surface area contributed by atoms with Crippen molar-refractivity contribution in [3.8, 4) is 0 Å². The molecule has 1 heterocycles. The van der Waals surface area contributed by atoms with Crippen LogP contribution in [0.1, 0.15) is 34.3 Å². The normalized spacial score (nSPS) is 10.5. The van der Waals surface area contributed by atoms with Gasteiger partial charge in [0.1, 0.15) is 4.88 Å². The smallest absolute Gasteiger partial charge is 0.267 e. The molecule has 0 spiro atoms. The Bertz CT molecular complexity index is 596. The van der Waals surface area contributed by atoms with E-state index in [9.17, 15) is 4.79 Å². The second kappa shape index (κ2) is 6.47. The van der Waals surface area contributed by atoms with E-state index in [-0.39, 0.29) is 5.91 Å². The van der Waals surface area contributed by atoms with E-state index in [2.05, 4.69) is 9.59 Å². The first-order valence-corrected chi connectivity index (χ1v) is 7.32. The van der Waals surface area contributed by atoms with Gasteiger partial charge in [0, 0.05) is 18.8 Å². The summed E-state index contributed by atoms with van der Waals surface area (Å²) in [6.45, 7) is 5.05. The predicted octanol–water partition coefficient (Wildman–Crippen LogP) is 2.48. The number of amides is 1. The third kappa shape index (κ3) is 3.14. The van der Waals surface area contributed by atoms with Crippen molar-refractivity contribution in [2.45, 2.75) is 26.8 Å². The number of aryl methyl sites for hydroxylation is 1. The number of rotatable bonds is 5. The lowest BCUT2D eigenvalue weighted by Crippen LogP contribution is -2.31. The Morgan fingerprint density at radius 3 is 2.75 bits per heavy atom. The number of aromatic nitrogens is 2. The fraction of sp³-hybridized carbons (Fsp3) is 0.357. The molecule has 0 unspecified atom stereocenters. The van der Waals surface area contributed by atoms with Gasteiger partial charge in [-0.05, 0) is 36.5 Å². The summed E-state index contributed by atoms with van der Waals surface area (Å²) in [5.74, 6) is -0.0254. The van der Waals surface area contributed by atoms with Gasteiger partial charge >= 0.3 is 0 Å². The zero-order valence-electron chi connectivity index (χ0n) is 11.7. The van der Waals surface area contributed by atoms with Crippen LogP contribution in [0.3, 0.4) is 0 Å². The van der Waals surface area contributed by atoms with E-state index >= 15 is 0 Å². The number of nitrogens with two attached hydrogens (primary N) is 1. The number of carbonyl (C=O) groups excluding carboxylic acids is 1. The highest BCUT2D eigenvalue weighted by Gasteiger charge is 2.20. The lowest BCUT2D eigenvalue weighted by Gasteiger charge is -2.22. The van der Waals surface area contributed by atoms with Crippen molar-refractivity contribution >= 4 is 23.1 Å². The van der Waals surface area contributed by atoms with Crippen molar-refractivity contribution in [2.75, 3.05) is 12.3 Å². The fourth-order valence-corrected chi connectivity index (χ4v) is 2.60. The van der Waals surface area contributed by atoms with Crippen LogP contribution >= 0.6 is 11.5 Å². The number of hydrogen-bond acceptors (Lipinski definition) is 5. The first kappa shape index (κ1) is 14.5. The van der Waals surface area contributed by atoms with E-state index in [4.69, 9.17) is 5.73 Å². The molecule has 1 aromatic carbocycles. The SMILES string of the molecule is CCCN(Cc1ccccc1N)C(=O)c1snnc1C. The molecule has 0 atom stereocenters. The quantitative estimate of drug-likeness (QED) is 0.859. The number of nitrogen functional groups attached to an aromatic ring is 1. The highest BCUT2D eigenvalue weighted by Crippen LogP contribution is 2.18. The van der Waals surface area contributed by atoms with Gasteiger partial charge in [-0.25, -0.2) is 0 Å². The Morgan fingerprint density at radius 2 is 2.15 bits per heavy atom. The maximum Gasteiger partial charge on any atom is 0.267 e. The molecular weight excluding hydrogens is 272 g/mol. The summed E-state index contributed by atoms with van der Waals surface area (Å²) in [6.07, 6.45) is 0.893. The van der Waals surface area contributed by atoms with Crippen LogP contribution in [0, 0.1) is 6.92 Å². The van der Waals surface area contributed by atoms with Crippen LogP contribution in [0.25, 0.3) is 0 Å². The molecule has 0 aliphatic carbocycles. The maximum atomic E-state index is 12.5. The second-order valence-corrected chi connectivity index (χ2v) is 5.37. The first-order chi connectivity index (χ1) is 9.63. The molecule has 2 rings (SSSR count). The average molecular weight is 290 g/mol. The number of para-hydroxylation sites is 1. The van der Waals surface area contributed by atoms with E-state index in [1.54, 1.807) is 11.8 Å². The zero-order chi connectivity index (χ0) is 14.5. The minimum absolute atomic E-state index is 0.0254. The summed E-state index contributed by atoms with van der Waals surface area (Å²) in [5, 5.41) is 3.90. The van der Waals surface area contributed by atoms with Gasteiger partial charge in [0.25, 0.3) is 5.91 Å². The molecule has 0 aliphatic rings. The van der Waals surface area contributed by atoms with Crippen molar-refractivity contribution in [1.82, 2.24) is 14.5 Å². The van der Waals surface area contributed by atoms with E-state index in [1.165, 1.54) is 0 Å². The number of benzene rings is 1. The molecule has 106 valence electrons. The molecule has 5 nitrogen and oxygen atoms in total. The van der Waals surface area contributed by atoms with Crippen LogP contribution < -0.4 is 5.73 Å². The van der Waals surface area contributed by atoms with Gasteiger partial charge in [-0.2, -0.15) is 0 Å². The molecule has 20 heavy (non-hydrogen) atoms. The van der Waals surface area contributed by atoms with Gasteiger partial charge in [-0.3, -0.25) is 4.79 Å². The summed E-state index contributed by atoms with van der Waals surface area (Å²) >= 11 is 1.14. The molecule has 1 amide bonds. The molecule has 0 bridgehead atoms. The van der Waals surface area contributed by atoms with Gasteiger partial charge in [0.05, 0.1) is 5.69 Å². The largest absolute Gasteiger partial charge is 0.398 e. The maximum absolute atomic E-state index is 12.5. The molecule has 2 N–H and O–H groups in total. The molecule has 2 aromatic rings. The molecule has 0 saturated heterocycles. The first-order valence-electron chi connectivity index (χ1n) is 6.55. The summed E-state index contributed by atoms with van der Waals surface area (Å²) in [6, 6.07) is 7.62. The van der Waals surface area contributed by atoms with Gasteiger partial charge in [-0.15, -0.1) is 5.10 Å². The van der Waals surface area contributed by atoms with Crippen LogP contribution in [-0.4, -0.2) is 26.9 Å². The minimum atomic E-state index is -0.0254. The number of nitrogens with zero attached hydrogens (tertiary/aromatic N) is 3. The number of carbonyl (C=O) groups is 1. The lowest BCUT2D eigenvalue weighted by molar-refractivity contribution is 0.0747. The van der Waals surface area contributed by atoms with Crippen molar-refractivity contribution in [3.63, 3.8) is 0 Å². The monoisotopic (exact) mass is 290 g/mol. The Morgan fingerprint density at radius 1 is 1.40 bits per heavy atom. The Labute approximate surface area is 122 Å². The highest BCUT2D eigenvalue weighted by atomic mass is 32.1. The topological polar surface area (TPSA) is 72.1 Å². The van der Waals surface area contributed by atoms with Crippen LogP contribution in [0.2, 0.25) is 0 Å². The predicted molar refractivity (Wildman–Crippen MR) is 80.5 cm³/mol. The second-order valence-electron chi connectivity index (χ2n) is 4.61. The van der Waals surface area contributed by atoms with Crippen LogP contribution in [-0.2, 0) is 6.54 Å². The van der Waals surface area contributed by atoms with Crippen LogP contribution in [0.15, 0.2) is 24.3 Å². The van der Waals surface area contributed by atoms with Crippen molar-refractivity contribution in [1.29, 1.82) is 0 Å². The molecule has 6 heteroatoms. The third-order valence-corrected chi connectivity index (χ3v) is 3.86. The fourth-order valence-electron chi connectivity index (χ4n) is 1.98. The van der Waals surface area contributed by atoms with Crippen molar-refractivity contribution in [3.05, 3.63) is 40.4 Å². The average Bonchev–Trinajstić information content (AvgIpc) is 2.86. The number of hydrogen-bond donors (Lipinski definition) is 1. The molecule has 0 fully saturated rings. The van der Waals surface area contributed by atoms with E-state index in [0.717, 1.165) is 23.5 Å². The summed E-state index contributed by atoms with van der Waals surface area (Å²) in [7, 11) is 0. The summed E-state index contributed by atoms with van der Waals surface area (Å²) in [4.78, 5) is 15.0. The van der Waals surface area contributed by atoms with Crippen LogP contribution in [0.5, 0.6) is 0 Å². The Kier molecular flexibility index (Phi) is 4.68. The highest BCUT2D eigenvalue weighted by molar-refractivity contribution is 7.07. The number of anilines is 1. The van der Waals surface area contributed by atoms with Crippen molar-refractivity contribution in [2.24, 2.45) is 0 Å². The molecule has 1 aromatic heterocycles. The zero-order valence-corrected chi connectivity index (χ0v) is 12.5. The van der Waals surface area contributed by atoms with Crippen LogP contribution in [0.4, 0.5) is 5.69 Å². The lowest BCUT2D eigenvalue weighted by atomic mass is 10.1. The Balaban J connectivity index is 2.21. The van der Waals surface area contributed by atoms with E-state index in [1.807, 2.05) is 31.2 Å². The van der Waals surface area contributed by atoms with Gasteiger partial charge in [0.2, 0.25) is 0 Å². The molecule has 0 aliphatic heterocycles. The van der Waals surface area contributed by atoms with Gasteiger partial charge in [0.15, 0.2) is 0 Å². The molecular formula is C14H18N4OS. The Hall–Kier alpha value is -1.95. The minimum Gasteiger partial charge on any atom is -0.398 e. The molecule has 0 saturated carbocycles. The van der Waals surface area contributed by atoms with Gasteiger partial charge < -0.3 is 10.6 Å². The van der Waals surface area contributed by atoms with Gasteiger partial charge in [-0.1, -0.05) is 29.6 Å². The summed E-state index contributed by atoms with van der Waals surface area (Å²) in [5.41, 5.74) is 8.31. The van der Waals surface area contributed by atoms with Crippen molar-refractivity contribution < 1.29 is 4.79 Å². The molecule has 0 radical (unpaired) electrons. The summed E-state index contributed by atoms with van der Waals surface area (Å²) < 4.78 is 3.83. The van der Waals surface area contributed by atoms with E-state index in [0.29, 0.717) is 29.3 Å². The standard InChI is InChI=1S/C14H18N4OS/c1-3-8-18(9-11-6-4-5-7-12(11)15)14(19)13-10(2)16-17-20-13/h4-7H,3,8-9,15H2,1-2H3. The van der Waals surface area contributed by atoms with E-state index < -0.39 is 0 Å².